The van der Waals surface area contributed by atoms with Crippen LogP contribution in [0, 0.1) is 17.9 Å². The Morgan fingerprint density at radius 1 is 0.525 bits per heavy atom. The van der Waals surface area contributed by atoms with E-state index in [4.69, 9.17) is 29.5 Å². The maximum absolute atomic E-state index is 9.89. The van der Waals surface area contributed by atoms with Crippen LogP contribution in [0.1, 0.15) is 5.56 Å². The average Bonchev–Trinajstić information content (AvgIpc) is 2.97. The second-order valence-electron chi connectivity index (χ2n) is 9.12. The van der Waals surface area contributed by atoms with E-state index in [0.29, 0.717) is 45.4 Å². The minimum absolute atomic E-state index is 0.421. The number of benzene rings is 5. The number of nitrogen functional groups attached to an aromatic ring is 4. The van der Waals surface area contributed by atoms with Gasteiger partial charge in [0.2, 0.25) is 5.69 Å². The number of hydrogen-bond donors (Lipinski definition) is 4. The summed E-state index contributed by atoms with van der Waals surface area (Å²) in [7, 11) is 0. The molecule has 8 N–H and O–H groups in total. The fraction of sp³-hybridized carbons (Fsp3) is 0. The number of nitrogens with two attached hydrogens (primary N) is 4. The molecule has 0 spiro atoms. The highest BCUT2D eigenvalue weighted by molar-refractivity contribution is 5.88. The van der Waals surface area contributed by atoms with Crippen molar-refractivity contribution >= 4 is 62.6 Å². The molecule has 0 saturated heterocycles. The third kappa shape index (κ3) is 5.01. The van der Waals surface area contributed by atoms with Gasteiger partial charge in [0, 0.05) is 45.5 Å². The molecule has 5 rings (SSSR count). The second kappa shape index (κ2) is 10.7. The lowest BCUT2D eigenvalue weighted by Crippen LogP contribution is -2.13. The zero-order chi connectivity index (χ0) is 28.2. The Morgan fingerprint density at radius 2 is 0.900 bits per heavy atom. The average molecular weight is 523 g/mol. The lowest BCUT2D eigenvalue weighted by atomic mass is 10.1. The highest BCUT2D eigenvalue weighted by Gasteiger charge is 2.20. The second-order valence-corrected chi connectivity index (χ2v) is 9.12. The van der Waals surface area contributed by atoms with Crippen LogP contribution in [0.5, 0.6) is 0 Å². The molecule has 0 amide bonds. The van der Waals surface area contributed by atoms with Gasteiger partial charge in [0.15, 0.2) is 0 Å². The minimum Gasteiger partial charge on any atom is -0.400 e. The Labute approximate surface area is 232 Å². The summed E-state index contributed by atoms with van der Waals surface area (Å²) in [4.78, 5) is 7.68. The highest BCUT2D eigenvalue weighted by atomic mass is 15.2. The first kappa shape index (κ1) is 25.5. The third-order valence-corrected chi connectivity index (χ3v) is 6.41. The molecule has 0 saturated carbocycles. The Kier molecular flexibility index (Phi) is 6.83. The first-order valence-corrected chi connectivity index (χ1v) is 12.4. The Bertz CT molecular complexity index is 1610. The largest absolute Gasteiger partial charge is 0.400 e. The molecule has 8 heteroatoms. The van der Waals surface area contributed by atoms with Gasteiger partial charge in [-0.15, -0.1) is 0 Å². The van der Waals surface area contributed by atoms with Crippen LogP contribution >= 0.6 is 0 Å². The summed E-state index contributed by atoms with van der Waals surface area (Å²) < 4.78 is 0. The zero-order valence-corrected chi connectivity index (χ0v) is 21.5. The van der Waals surface area contributed by atoms with Crippen LogP contribution in [0.3, 0.4) is 0 Å². The summed E-state index contributed by atoms with van der Waals surface area (Å²) >= 11 is 0. The molecule has 8 nitrogen and oxygen atoms in total. The van der Waals surface area contributed by atoms with Crippen LogP contribution in [0.2, 0.25) is 0 Å². The van der Waals surface area contributed by atoms with Gasteiger partial charge < -0.3 is 32.7 Å². The van der Waals surface area contributed by atoms with E-state index in [9.17, 15) is 5.26 Å². The molecular formula is C32H26N8. The molecule has 0 aliphatic heterocycles. The zero-order valence-electron chi connectivity index (χ0n) is 21.5. The third-order valence-electron chi connectivity index (χ3n) is 6.41. The van der Waals surface area contributed by atoms with E-state index in [1.165, 1.54) is 0 Å². The van der Waals surface area contributed by atoms with Crippen molar-refractivity contribution in [2.24, 2.45) is 0 Å². The predicted molar refractivity (Wildman–Crippen MR) is 164 cm³/mol. The van der Waals surface area contributed by atoms with Crippen molar-refractivity contribution in [3.05, 3.63) is 126 Å². The van der Waals surface area contributed by atoms with Crippen molar-refractivity contribution < 1.29 is 0 Å². The molecule has 0 heterocycles. The standard InChI is InChI=1S/C32H26N8/c1-38-30-19-25(37)7-17-32(30)40(27-10-4-23(35)5-11-27)29-14-12-28(13-15-29)39(26-8-2-22(34)3-9-26)31-16-6-24(36)18-21(31)20-33/h2-19H,34-37H2. The number of rotatable bonds is 6. The summed E-state index contributed by atoms with van der Waals surface area (Å²) in [5, 5.41) is 9.89. The molecular weight excluding hydrogens is 496 g/mol. The van der Waals surface area contributed by atoms with E-state index < -0.39 is 0 Å². The van der Waals surface area contributed by atoms with Gasteiger partial charge in [0.05, 0.1) is 23.5 Å². The fourth-order valence-corrected chi connectivity index (χ4v) is 4.51. The van der Waals surface area contributed by atoms with Gasteiger partial charge in [-0.3, -0.25) is 0 Å². The van der Waals surface area contributed by atoms with Crippen molar-refractivity contribution in [1.29, 1.82) is 5.26 Å². The Morgan fingerprint density at radius 3 is 1.35 bits per heavy atom. The van der Waals surface area contributed by atoms with E-state index >= 15 is 0 Å². The Balaban J connectivity index is 1.65. The summed E-state index contributed by atoms with van der Waals surface area (Å²) in [6.45, 7) is 7.75. The van der Waals surface area contributed by atoms with Crippen LogP contribution in [-0.4, -0.2) is 0 Å². The van der Waals surface area contributed by atoms with Gasteiger partial charge in [0.1, 0.15) is 6.07 Å². The quantitative estimate of drug-likeness (QED) is 0.135. The molecule has 0 fully saturated rings. The summed E-state index contributed by atoms with van der Waals surface area (Å²) in [5.74, 6) is 0. The number of nitrogens with zero attached hydrogens (tertiary/aromatic N) is 4. The van der Waals surface area contributed by atoms with E-state index in [1.54, 1.807) is 24.3 Å². The molecule has 40 heavy (non-hydrogen) atoms. The van der Waals surface area contributed by atoms with Gasteiger partial charge in [-0.2, -0.15) is 5.26 Å². The predicted octanol–water partition coefficient (Wildman–Crippen LogP) is 7.38. The summed E-state index contributed by atoms with van der Waals surface area (Å²) in [6, 6.07) is 35.5. The van der Waals surface area contributed by atoms with Crippen molar-refractivity contribution in [2.75, 3.05) is 32.7 Å². The minimum atomic E-state index is 0.421. The molecule has 5 aromatic carbocycles. The van der Waals surface area contributed by atoms with Gasteiger partial charge in [-0.1, -0.05) is 0 Å². The van der Waals surface area contributed by atoms with Crippen LogP contribution < -0.4 is 32.7 Å². The van der Waals surface area contributed by atoms with E-state index in [1.807, 2.05) is 94.7 Å². The van der Waals surface area contributed by atoms with E-state index in [2.05, 4.69) is 10.9 Å². The number of anilines is 10. The van der Waals surface area contributed by atoms with Gasteiger partial charge in [-0.25, -0.2) is 4.85 Å². The van der Waals surface area contributed by atoms with Crippen molar-refractivity contribution in [3.63, 3.8) is 0 Å². The van der Waals surface area contributed by atoms with E-state index in [-0.39, 0.29) is 0 Å². The van der Waals surface area contributed by atoms with E-state index in [0.717, 1.165) is 22.7 Å². The lowest BCUT2D eigenvalue weighted by Gasteiger charge is -2.29. The highest BCUT2D eigenvalue weighted by Crippen LogP contribution is 2.43. The SMILES string of the molecule is [C-]#[N+]c1cc(N)ccc1N(c1ccc(N)cc1)c1ccc(N(c2ccc(N)cc2)c2ccc(N)cc2C#N)cc1. The van der Waals surface area contributed by atoms with Crippen LogP contribution in [0.15, 0.2) is 109 Å². The Hall–Kier alpha value is -6.12. The molecule has 5 aromatic rings. The van der Waals surface area contributed by atoms with Crippen molar-refractivity contribution in [2.45, 2.75) is 0 Å². The fourth-order valence-electron chi connectivity index (χ4n) is 4.51. The lowest BCUT2D eigenvalue weighted by molar-refractivity contribution is 1.25. The maximum Gasteiger partial charge on any atom is 0.212 e. The van der Waals surface area contributed by atoms with Crippen LogP contribution in [0.4, 0.5) is 62.6 Å². The normalized spacial score (nSPS) is 10.3. The summed E-state index contributed by atoms with van der Waals surface area (Å²) in [5.41, 5.74) is 31.7. The van der Waals surface area contributed by atoms with Gasteiger partial charge in [0.25, 0.3) is 0 Å². The molecule has 0 aliphatic carbocycles. The van der Waals surface area contributed by atoms with Crippen LogP contribution in [0.25, 0.3) is 4.85 Å². The molecule has 0 radical (unpaired) electrons. The summed E-state index contributed by atoms with van der Waals surface area (Å²) in [6.07, 6.45) is 0. The van der Waals surface area contributed by atoms with Crippen molar-refractivity contribution in [3.8, 4) is 6.07 Å². The maximum atomic E-state index is 9.89. The van der Waals surface area contributed by atoms with Gasteiger partial charge >= 0.3 is 0 Å². The molecule has 0 bridgehead atoms. The first-order chi connectivity index (χ1) is 19.4. The molecule has 0 aromatic heterocycles. The monoisotopic (exact) mass is 522 g/mol. The molecule has 0 atom stereocenters. The molecule has 194 valence electrons. The first-order valence-electron chi connectivity index (χ1n) is 12.4. The topological polar surface area (TPSA) is 139 Å². The number of nitriles is 1. The molecule has 0 unspecified atom stereocenters. The van der Waals surface area contributed by atoms with Crippen molar-refractivity contribution in [1.82, 2.24) is 0 Å². The van der Waals surface area contributed by atoms with Gasteiger partial charge in [-0.05, 0) is 109 Å². The molecule has 0 aliphatic rings. The van der Waals surface area contributed by atoms with Crippen LogP contribution in [-0.2, 0) is 0 Å². The smallest absolute Gasteiger partial charge is 0.212 e. The number of hydrogen-bond acceptors (Lipinski definition) is 7.